The van der Waals surface area contributed by atoms with Crippen LogP contribution in [-0.2, 0) is 72.5 Å². The van der Waals surface area contributed by atoms with Gasteiger partial charge < -0.3 is 29.7 Å². The Kier molecular flexibility index (Phi) is 30.4. The second kappa shape index (κ2) is 39.1. The number of ether oxygens (including phenoxy) is 2. The predicted octanol–water partition coefficient (Wildman–Crippen LogP) is 17.7. The van der Waals surface area contributed by atoms with Crippen LogP contribution in [0.1, 0.15) is 127 Å². The number of nitrogens with zero attached hydrogens (tertiary/aromatic N) is 8. The normalized spacial score (nSPS) is 14.9. The predicted molar refractivity (Wildman–Crippen MR) is 441 cm³/mol. The number of carboxylic acids is 1. The van der Waals surface area contributed by atoms with E-state index >= 15 is 0 Å². The van der Waals surface area contributed by atoms with E-state index in [1.807, 2.05) is 49.1 Å². The lowest BCUT2D eigenvalue weighted by Crippen LogP contribution is -2.43. The lowest BCUT2D eigenvalue weighted by Gasteiger charge is -2.39. The van der Waals surface area contributed by atoms with Crippen LogP contribution in [0, 0.1) is 60.7 Å². The molecule has 0 unspecified atom stereocenters. The molecular formula is C85H96F10N12O12S3. The molecule has 0 saturated carbocycles. The fourth-order valence-corrected chi connectivity index (χ4v) is 17.2. The summed E-state index contributed by atoms with van der Waals surface area (Å²) in [4.78, 5) is 63.5. The van der Waals surface area contributed by atoms with Crippen molar-refractivity contribution in [1.82, 2.24) is 35.2 Å². The molecule has 3 aromatic carbocycles. The monoisotopic (exact) mass is 1760 g/mol. The number of halogens is 10. The zero-order chi connectivity index (χ0) is 89.7. The van der Waals surface area contributed by atoms with E-state index in [2.05, 4.69) is 44.7 Å². The van der Waals surface area contributed by atoms with Gasteiger partial charge in [-0.25, -0.2) is 29.9 Å². The van der Waals surface area contributed by atoms with Crippen molar-refractivity contribution in [3.63, 3.8) is 0 Å². The molecule has 5 N–H and O–H groups in total. The third-order valence-electron chi connectivity index (χ3n) is 21.6. The van der Waals surface area contributed by atoms with Crippen LogP contribution in [0.15, 0.2) is 179 Å². The number of hydrogen-bond acceptors (Lipinski definition) is 20. The fourth-order valence-electron chi connectivity index (χ4n) is 14.3. The first-order chi connectivity index (χ1) is 57.1. The van der Waals surface area contributed by atoms with Gasteiger partial charge in [0, 0.05) is 42.9 Å². The summed E-state index contributed by atoms with van der Waals surface area (Å²) >= 11 is 0. The van der Waals surface area contributed by atoms with Gasteiger partial charge in [0.2, 0.25) is 5.95 Å². The number of pyridine rings is 6. The van der Waals surface area contributed by atoms with Crippen molar-refractivity contribution in [1.29, 1.82) is 0 Å². The lowest BCUT2D eigenvalue weighted by atomic mass is 9.73. The van der Waals surface area contributed by atoms with Crippen molar-refractivity contribution >= 4 is 77.1 Å². The van der Waals surface area contributed by atoms with Gasteiger partial charge >= 0.3 is 36.4 Å². The summed E-state index contributed by atoms with van der Waals surface area (Å²) in [7, 11) is -12.9. The molecule has 3 saturated heterocycles. The highest BCUT2D eigenvalue weighted by molar-refractivity contribution is 7.93. The molecule has 0 bridgehead atoms. The van der Waals surface area contributed by atoms with Crippen LogP contribution in [0.3, 0.4) is 0 Å². The summed E-state index contributed by atoms with van der Waals surface area (Å²) < 4.78 is 230. The van der Waals surface area contributed by atoms with E-state index in [0.717, 1.165) is 80.5 Å². The Hall–Kier alpha value is -10.9. The molecule has 0 radical (unpaired) electrons. The number of carboxylic acid groups (broad SMARTS) is 1. The van der Waals surface area contributed by atoms with Crippen LogP contribution in [-0.4, -0.2) is 131 Å². The SMILES string of the molecule is CCOC(=O)C(C)(C)C1CCN(c2cccc(S(=O)(=O)Nc3ccc(C(F)(F)F)c(-c4ccccc4C)n3)n2)CC1.CCOC(=O)C(C)(C)C1CCNCC1.Cc1ccccc1-c1nc(NS(=O)(=O)c2cccc(F)n2)ccc1C(F)(F)F.Cc1ccccc1-c1nc(NS(=O)(=O)c2cccc(N3CCC(C(C)(C)C(=O)O)CC3)n2)ccc1C(F)(F)F. The number of piperidine rings is 3. The number of aromatic nitrogens is 6. The maximum absolute atomic E-state index is 13.8. The fraction of sp³-hybridized carbons (Fsp3) is 0.400. The van der Waals surface area contributed by atoms with Gasteiger partial charge in [-0.05, 0) is 235 Å². The van der Waals surface area contributed by atoms with Gasteiger partial charge in [-0.3, -0.25) is 28.5 Å². The zero-order valence-electron chi connectivity index (χ0n) is 68.7. The van der Waals surface area contributed by atoms with Gasteiger partial charge in [0.15, 0.2) is 15.1 Å². The average Bonchev–Trinajstić information content (AvgIpc) is 0.783. The van der Waals surface area contributed by atoms with E-state index in [0.29, 0.717) is 99.3 Å². The molecule has 24 nitrogen and oxygen atoms in total. The zero-order valence-corrected chi connectivity index (χ0v) is 71.2. The number of aryl methyl sites for hydroxylation is 3. The standard InChI is InChI=1S/C29H33F3N4O4S.C27H29F3N4O4S.C18H13F4N3O2S.C11H21NO2/c1-5-40-27(37)28(3,4)20-15-17-36(18-16-20)24-11-8-12-25(34-24)41(38,39)35-23-14-13-22(29(30,31)32)26(33-23)21-10-7-6-9-19(21)2;1-17-7-4-5-8-19(17)24-20(27(28,29)30)11-12-21(31-24)33-39(37,38)23-10-6-9-22(32-23)34-15-13-18(14-16-34)26(2,3)25(35)36;1-11-5-2-3-6-12(11)17-13(18(20,21)22)9-10-15(24-17)25-28(26,27)16-8-4-7-14(19)23-16;1-4-14-10(13)11(2,3)9-5-7-12-8-6-9/h6-14,20H,5,15-18H2,1-4H3,(H,33,35);4-12,18H,13-16H2,1-3H3,(H,31,33)(H,35,36);2-10H,1H3,(H,24,25);9,12H,4-8H2,1-3H3. The number of carbonyl (C=O) groups is 3. The summed E-state index contributed by atoms with van der Waals surface area (Å²) in [5.41, 5.74) is -3.61. The summed E-state index contributed by atoms with van der Waals surface area (Å²) in [5.74, 6) is -1.66. The van der Waals surface area contributed by atoms with Gasteiger partial charge in [0.1, 0.15) is 29.1 Å². The third-order valence-corrected chi connectivity index (χ3v) is 25.4. The number of esters is 2. The number of nitrogens with one attached hydrogen (secondary N) is 4. The van der Waals surface area contributed by atoms with Crippen molar-refractivity contribution in [3.05, 3.63) is 203 Å². The van der Waals surface area contributed by atoms with Crippen molar-refractivity contribution < 1.29 is 98.1 Å². The van der Waals surface area contributed by atoms with Crippen molar-refractivity contribution in [2.75, 3.05) is 76.4 Å². The quantitative estimate of drug-likeness (QED) is 0.0239. The molecule has 0 atom stereocenters. The Bertz CT molecular complexity index is 5570. The van der Waals surface area contributed by atoms with Crippen molar-refractivity contribution in [2.45, 2.75) is 148 Å². The van der Waals surface area contributed by atoms with Crippen molar-refractivity contribution in [2.24, 2.45) is 34.0 Å². The third kappa shape index (κ3) is 23.7. The molecule has 9 aromatic rings. The second-order valence-electron chi connectivity index (χ2n) is 31.0. The minimum absolute atomic E-state index is 0.0342. The Morgan fingerprint density at radius 2 is 0.705 bits per heavy atom. The Labute approximate surface area is 702 Å². The number of alkyl halides is 9. The van der Waals surface area contributed by atoms with Crippen molar-refractivity contribution in [3.8, 4) is 33.8 Å². The largest absolute Gasteiger partial charge is 0.481 e. The Morgan fingerprint density at radius 3 is 1.00 bits per heavy atom. The molecule has 656 valence electrons. The number of aliphatic carboxylic acids is 1. The first-order valence-corrected chi connectivity index (χ1v) is 43.4. The minimum atomic E-state index is -4.69. The number of anilines is 5. The average molecular weight is 1760 g/mol. The Balaban J connectivity index is 0.000000195. The Morgan fingerprint density at radius 1 is 0.410 bits per heavy atom. The van der Waals surface area contributed by atoms with Gasteiger partial charge in [0.05, 0.1) is 63.2 Å². The maximum atomic E-state index is 13.8. The van der Waals surface area contributed by atoms with Crippen LogP contribution in [0.2, 0.25) is 0 Å². The van der Waals surface area contributed by atoms with E-state index in [1.54, 1.807) is 114 Å². The number of carbonyl (C=O) groups excluding carboxylic acids is 2. The van der Waals surface area contributed by atoms with Gasteiger partial charge in [0.25, 0.3) is 30.1 Å². The lowest BCUT2D eigenvalue weighted by molar-refractivity contribution is -0.158. The molecular weight excluding hydrogens is 1670 g/mol. The molecule has 12 rings (SSSR count). The molecule has 9 heterocycles. The second-order valence-corrected chi connectivity index (χ2v) is 35.8. The number of sulfonamides is 3. The molecule has 6 aromatic heterocycles. The highest BCUT2D eigenvalue weighted by atomic mass is 32.2. The van der Waals surface area contributed by atoms with Crippen LogP contribution in [0.4, 0.5) is 73.0 Å². The van der Waals surface area contributed by atoms with E-state index in [4.69, 9.17) is 9.47 Å². The molecule has 37 heteroatoms. The van der Waals surface area contributed by atoms with E-state index < -0.39 is 98.8 Å². The molecule has 0 amide bonds. The number of hydrogen-bond donors (Lipinski definition) is 5. The minimum Gasteiger partial charge on any atom is -0.481 e. The van der Waals surface area contributed by atoms with Gasteiger partial charge in [-0.1, -0.05) is 91.0 Å². The van der Waals surface area contributed by atoms with Crippen LogP contribution in [0.25, 0.3) is 33.8 Å². The van der Waals surface area contributed by atoms with Crippen LogP contribution < -0.4 is 29.3 Å². The summed E-state index contributed by atoms with van der Waals surface area (Å²) in [6.07, 6.45) is -9.31. The number of rotatable bonds is 22. The van der Waals surface area contributed by atoms with E-state index in [9.17, 15) is 88.6 Å². The summed E-state index contributed by atoms with van der Waals surface area (Å²) in [6, 6.07) is 36.6. The molecule has 3 fully saturated rings. The van der Waals surface area contributed by atoms with Gasteiger partial charge in [-0.2, -0.15) is 69.2 Å². The van der Waals surface area contributed by atoms with E-state index in [-0.39, 0.29) is 84.8 Å². The molecule has 0 spiro atoms. The number of benzene rings is 3. The smallest absolute Gasteiger partial charge is 0.418 e. The molecule has 122 heavy (non-hydrogen) atoms. The summed E-state index contributed by atoms with van der Waals surface area (Å²) in [6.45, 7) is 24.7. The molecule has 3 aliphatic rings. The first-order valence-electron chi connectivity index (χ1n) is 39.0. The van der Waals surface area contributed by atoms with Crippen LogP contribution >= 0.6 is 0 Å². The van der Waals surface area contributed by atoms with E-state index in [1.165, 1.54) is 36.4 Å². The van der Waals surface area contributed by atoms with Gasteiger partial charge in [-0.15, -0.1) is 0 Å². The maximum Gasteiger partial charge on any atom is 0.418 e. The van der Waals surface area contributed by atoms with Crippen LogP contribution in [0.5, 0.6) is 0 Å². The molecule has 3 aliphatic heterocycles. The summed E-state index contributed by atoms with van der Waals surface area (Å²) in [5, 5.41) is 11.6. The highest BCUT2D eigenvalue weighted by Crippen LogP contribution is 2.44. The molecule has 0 aliphatic carbocycles. The highest BCUT2D eigenvalue weighted by Gasteiger charge is 2.44. The first kappa shape index (κ1) is 94.9. The topological polar surface area (TPSA) is 324 Å².